The maximum Gasteiger partial charge on any atom is 0.137 e. The van der Waals surface area contributed by atoms with Gasteiger partial charge in [0, 0.05) is 36.4 Å². The summed E-state index contributed by atoms with van der Waals surface area (Å²) in [5.74, 6) is 1.02. The van der Waals surface area contributed by atoms with Crippen molar-refractivity contribution in [3.63, 3.8) is 0 Å². The van der Waals surface area contributed by atoms with Crippen molar-refractivity contribution in [2.45, 2.75) is 13.8 Å². The molecular weight excluding hydrogens is 248 g/mol. The summed E-state index contributed by atoms with van der Waals surface area (Å²) in [7, 11) is 0. The highest BCUT2D eigenvalue weighted by molar-refractivity contribution is 5.91. The molecule has 0 aromatic carbocycles. The van der Waals surface area contributed by atoms with Gasteiger partial charge < -0.3 is 9.88 Å². The molecule has 0 aliphatic rings. The number of nitrogens with zero attached hydrogens (tertiary/aromatic N) is 3. The number of aromatic nitrogens is 3. The van der Waals surface area contributed by atoms with E-state index in [9.17, 15) is 0 Å². The summed E-state index contributed by atoms with van der Waals surface area (Å²) in [4.78, 5) is 14.5. The molecule has 0 radical (unpaired) electrons. The first-order valence-corrected chi connectivity index (χ1v) is 6.98. The van der Waals surface area contributed by atoms with Crippen LogP contribution in [0, 0.1) is 0 Å². The van der Waals surface area contributed by atoms with Crippen LogP contribution in [0.4, 0.5) is 5.82 Å². The van der Waals surface area contributed by atoms with Crippen LogP contribution in [0.15, 0.2) is 42.7 Å². The number of H-pyrrole nitrogens is 1. The molecule has 0 atom stereocenters. The second-order valence-electron chi connectivity index (χ2n) is 4.65. The largest absolute Gasteiger partial charge is 0.357 e. The number of anilines is 1. The Hall–Kier alpha value is -2.36. The van der Waals surface area contributed by atoms with Crippen LogP contribution in [0.1, 0.15) is 13.8 Å². The Morgan fingerprint density at radius 3 is 2.75 bits per heavy atom. The first-order chi connectivity index (χ1) is 9.83. The van der Waals surface area contributed by atoms with Crippen LogP contribution >= 0.6 is 0 Å². The maximum atomic E-state index is 4.80. The Morgan fingerprint density at radius 2 is 1.95 bits per heavy atom. The molecular formula is C16H18N4. The first kappa shape index (κ1) is 12.7. The van der Waals surface area contributed by atoms with E-state index in [4.69, 9.17) is 4.98 Å². The molecule has 0 aliphatic carbocycles. The van der Waals surface area contributed by atoms with E-state index in [1.807, 2.05) is 24.5 Å². The lowest BCUT2D eigenvalue weighted by Crippen LogP contribution is -2.22. The highest BCUT2D eigenvalue weighted by atomic mass is 15.2. The van der Waals surface area contributed by atoms with E-state index >= 15 is 0 Å². The van der Waals surface area contributed by atoms with Crippen LogP contribution in [-0.2, 0) is 0 Å². The van der Waals surface area contributed by atoms with Crippen molar-refractivity contribution in [3.8, 4) is 11.3 Å². The van der Waals surface area contributed by atoms with Crippen LogP contribution < -0.4 is 4.90 Å². The Morgan fingerprint density at radius 1 is 1.10 bits per heavy atom. The van der Waals surface area contributed by atoms with Gasteiger partial charge in [-0.2, -0.15) is 0 Å². The molecule has 0 saturated heterocycles. The van der Waals surface area contributed by atoms with Gasteiger partial charge in [-0.25, -0.2) is 9.97 Å². The fraction of sp³-hybridized carbons (Fsp3) is 0.250. The Labute approximate surface area is 118 Å². The lowest BCUT2D eigenvalue weighted by atomic mass is 10.1. The summed E-state index contributed by atoms with van der Waals surface area (Å²) in [5, 5.41) is 1.11. The van der Waals surface area contributed by atoms with Gasteiger partial charge in [-0.15, -0.1) is 0 Å². The molecule has 102 valence electrons. The van der Waals surface area contributed by atoms with Crippen LogP contribution in [0.25, 0.3) is 22.3 Å². The summed E-state index contributed by atoms with van der Waals surface area (Å²) in [6.45, 7) is 6.22. The lowest BCUT2D eigenvalue weighted by Gasteiger charge is -2.20. The van der Waals surface area contributed by atoms with Crippen LogP contribution in [0.5, 0.6) is 0 Å². The van der Waals surface area contributed by atoms with Gasteiger partial charge in [0.2, 0.25) is 0 Å². The van der Waals surface area contributed by atoms with E-state index in [1.54, 1.807) is 0 Å². The molecule has 20 heavy (non-hydrogen) atoms. The van der Waals surface area contributed by atoms with Crippen LogP contribution in [0.3, 0.4) is 0 Å². The lowest BCUT2D eigenvalue weighted by molar-refractivity contribution is 0.847. The zero-order valence-corrected chi connectivity index (χ0v) is 11.8. The van der Waals surface area contributed by atoms with Gasteiger partial charge >= 0.3 is 0 Å². The second kappa shape index (κ2) is 5.33. The Kier molecular flexibility index (Phi) is 3.37. The minimum absolute atomic E-state index is 0.901. The molecule has 0 amide bonds. The number of pyridine rings is 2. The molecule has 3 heterocycles. The standard InChI is InChI=1S/C16H18N4/c1-3-20(4-2)15-7-5-6-14(19-15)12-8-10-17-16-13(12)9-11-18-16/h5-11H,3-4H2,1-2H3,(H,17,18). The van der Waals surface area contributed by atoms with Crippen molar-refractivity contribution in [1.82, 2.24) is 15.0 Å². The Bertz CT molecular complexity index is 713. The third-order valence-corrected chi connectivity index (χ3v) is 3.56. The summed E-state index contributed by atoms with van der Waals surface area (Å²) in [5.41, 5.74) is 3.00. The third kappa shape index (κ3) is 2.13. The monoisotopic (exact) mass is 266 g/mol. The Balaban J connectivity index is 2.10. The van der Waals surface area contributed by atoms with Crippen molar-refractivity contribution in [2.24, 2.45) is 0 Å². The molecule has 0 saturated carbocycles. The molecule has 4 nitrogen and oxygen atoms in total. The number of aromatic amines is 1. The van der Waals surface area contributed by atoms with E-state index in [-0.39, 0.29) is 0 Å². The predicted octanol–water partition coefficient (Wildman–Crippen LogP) is 3.47. The summed E-state index contributed by atoms with van der Waals surface area (Å²) in [6.07, 6.45) is 3.73. The molecule has 3 rings (SSSR count). The van der Waals surface area contributed by atoms with E-state index in [0.29, 0.717) is 0 Å². The van der Waals surface area contributed by atoms with Gasteiger partial charge in [-0.3, -0.25) is 0 Å². The van der Waals surface area contributed by atoms with E-state index < -0.39 is 0 Å². The summed E-state index contributed by atoms with van der Waals surface area (Å²) in [6, 6.07) is 10.2. The molecule has 3 aromatic heterocycles. The highest BCUT2D eigenvalue weighted by Gasteiger charge is 2.09. The fourth-order valence-electron chi connectivity index (χ4n) is 2.48. The first-order valence-electron chi connectivity index (χ1n) is 6.98. The third-order valence-electron chi connectivity index (χ3n) is 3.56. The van der Waals surface area contributed by atoms with Gasteiger partial charge in [-0.1, -0.05) is 6.07 Å². The van der Waals surface area contributed by atoms with Crippen LogP contribution in [-0.4, -0.2) is 28.0 Å². The van der Waals surface area contributed by atoms with Gasteiger partial charge in [0.15, 0.2) is 0 Å². The normalized spacial score (nSPS) is 10.9. The van der Waals surface area contributed by atoms with Gasteiger partial charge in [0.1, 0.15) is 11.5 Å². The fourth-order valence-corrected chi connectivity index (χ4v) is 2.48. The molecule has 0 spiro atoms. The van der Waals surface area contributed by atoms with Gasteiger partial charge in [0.05, 0.1) is 5.69 Å². The van der Waals surface area contributed by atoms with Crippen molar-refractivity contribution in [1.29, 1.82) is 0 Å². The average Bonchev–Trinajstić information content (AvgIpc) is 2.97. The zero-order valence-electron chi connectivity index (χ0n) is 11.8. The number of hydrogen-bond acceptors (Lipinski definition) is 3. The summed E-state index contributed by atoms with van der Waals surface area (Å²) >= 11 is 0. The van der Waals surface area contributed by atoms with Gasteiger partial charge in [-0.05, 0) is 38.1 Å². The molecule has 4 heteroatoms. The molecule has 0 aliphatic heterocycles. The van der Waals surface area contributed by atoms with Crippen molar-refractivity contribution in [2.75, 3.05) is 18.0 Å². The maximum absolute atomic E-state index is 4.80. The van der Waals surface area contributed by atoms with Crippen molar-refractivity contribution >= 4 is 16.9 Å². The van der Waals surface area contributed by atoms with E-state index in [0.717, 1.165) is 41.2 Å². The van der Waals surface area contributed by atoms with E-state index in [2.05, 4.69) is 46.9 Å². The topological polar surface area (TPSA) is 44.8 Å². The average molecular weight is 266 g/mol. The molecule has 1 N–H and O–H groups in total. The quantitative estimate of drug-likeness (QED) is 0.786. The predicted molar refractivity (Wildman–Crippen MR) is 82.9 cm³/mol. The minimum Gasteiger partial charge on any atom is -0.357 e. The highest BCUT2D eigenvalue weighted by Crippen LogP contribution is 2.26. The van der Waals surface area contributed by atoms with Crippen molar-refractivity contribution in [3.05, 3.63) is 42.7 Å². The number of hydrogen-bond donors (Lipinski definition) is 1. The second-order valence-corrected chi connectivity index (χ2v) is 4.65. The molecule has 3 aromatic rings. The summed E-state index contributed by atoms with van der Waals surface area (Å²) < 4.78 is 0. The molecule has 0 bridgehead atoms. The zero-order chi connectivity index (χ0) is 13.9. The SMILES string of the molecule is CCN(CC)c1cccc(-c2ccnc3[nH]ccc23)n1. The molecule has 0 fully saturated rings. The minimum atomic E-state index is 0.901. The molecule has 0 unspecified atom stereocenters. The number of rotatable bonds is 4. The van der Waals surface area contributed by atoms with Crippen molar-refractivity contribution < 1.29 is 0 Å². The smallest absolute Gasteiger partial charge is 0.137 e. The van der Waals surface area contributed by atoms with Gasteiger partial charge in [0.25, 0.3) is 0 Å². The van der Waals surface area contributed by atoms with Crippen LogP contribution in [0.2, 0.25) is 0 Å². The number of nitrogens with one attached hydrogen (secondary N) is 1. The number of fused-ring (bicyclic) bond motifs is 1. The van der Waals surface area contributed by atoms with E-state index in [1.165, 1.54) is 0 Å².